The van der Waals surface area contributed by atoms with Gasteiger partial charge in [-0.2, -0.15) is 0 Å². The molecule has 460 valence electrons. The molecule has 3 amide bonds. The van der Waals surface area contributed by atoms with Gasteiger partial charge in [-0.3, -0.25) is 38.2 Å². The van der Waals surface area contributed by atoms with Crippen molar-refractivity contribution >= 4 is 100 Å². The van der Waals surface area contributed by atoms with Crippen molar-refractivity contribution in [3.05, 3.63) is 181 Å². The molecular formula is C64H73N10O11PS2+2. The maximum atomic E-state index is 13.3. The molecule has 1 saturated heterocycles. The molecule has 88 heavy (non-hydrogen) atoms. The van der Waals surface area contributed by atoms with Gasteiger partial charge >= 0.3 is 13.5 Å². The Balaban J connectivity index is 0.721. The number of phosphoric ester groups is 1. The summed E-state index contributed by atoms with van der Waals surface area (Å²) in [6, 6.07) is 37.8. The standard InChI is InChI=1S/C64H71N10O11PS2/c1-69-34-27-44(47-15-3-5-17-49(47)69)39-61-72(51-19-7-9-21-55(51)87-61)32-13-11-23-57(76)65-29-36-71(38-31-67-59(78)26-25-46-42-74(64(80)68-63(46)79)60-41-53(75)54(85-60)43-84-86(81,82)83)37-30-66-58(77)24-12-14-33-73-52-20-8-10-22-56(52)88-62(73)40-45-28-35-70(2)50-18-6-4-16-48(45)50/h3-10,15-22,25-28,34-35,39-40,42,53-54,60,75H,11-14,23-24,29-33,36-38,41,43H2,1-2H3,(H4-2,65,66,67,68,76,77,78,79,80,81,82,83)/p+2/b26-25+/t53-,54+,60+/m0/s1. The summed E-state index contributed by atoms with van der Waals surface area (Å²) >= 11 is 3.50. The Kier molecular flexibility index (Phi) is 21.3. The number of hydrogen-bond donors (Lipinski definition) is 7. The second-order valence-corrected chi connectivity index (χ2v) is 25.1. The number of aliphatic hydroxyl groups is 1. The van der Waals surface area contributed by atoms with E-state index in [4.69, 9.17) is 14.5 Å². The topological polar surface area (TPSA) is 256 Å². The monoisotopic (exact) mass is 1250 g/mol. The van der Waals surface area contributed by atoms with Crippen LogP contribution in [0.4, 0.5) is 11.4 Å². The summed E-state index contributed by atoms with van der Waals surface area (Å²) in [5.74, 6) is -0.688. The SMILES string of the molecule is C[n+]1ccc(C=C2Sc3ccccc3N2CCCCC(=O)NCCN(CCNC(=O)/C=C/c2cn([C@H]3C[C@H](O)[C@@H](COP(=O)(O)O)O3)c(=O)[nH]c2=O)CCNC(=O)CCCCN2C(=Cc3cc[n+](C)c4ccccc34)Sc3ccccc32)c2ccccc21. The molecule has 1 fully saturated rings. The van der Waals surface area contributed by atoms with Crippen molar-refractivity contribution in [2.45, 2.75) is 73.2 Å². The van der Waals surface area contributed by atoms with Gasteiger partial charge in [0, 0.05) is 118 Å². The number of pyridine rings is 2. The highest BCUT2D eigenvalue weighted by molar-refractivity contribution is 8.04. The number of phosphoric acid groups is 1. The lowest BCUT2D eigenvalue weighted by Gasteiger charge is -2.23. The fourth-order valence-electron chi connectivity index (χ4n) is 11.0. The molecule has 0 unspecified atom stereocenters. The Morgan fingerprint density at radius 2 is 1.20 bits per heavy atom. The van der Waals surface area contributed by atoms with Gasteiger partial charge in [-0.1, -0.05) is 72.1 Å². The molecule has 3 aromatic heterocycles. The van der Waals surface area contributed by atoms with Gasteiger partial charge in [0.15, 0.2) is 12.4 Å². The number of aromatic amines is 1. The van der Waals surface area contributed by atoms with Gasteiger partial charge in [-0.15, -0.1) is 0 Å². The Morgan fingerprint density at radius 3 is 1.74 bits per heavy atom. The van der Waals surface area contributed by atoms with Gasteiger partial charge in [0.25, 0.3) is 5.56 Å². The second kappa shape index (κ2) is 29.5. The number of aryl methyl sites for hydroxylation is 2. The number of hydrogen-bond acceptors (Lipinski definition) is 14. The summed E-state index contributed by atoms with van der Waals surface area (Å²) in [6.07, 6.45) is 12.2. The number of aromatic nitrogens is 4. The van der Waals surface area contributed by atoms with Crippen LogP contribution in [0.25, 0.3) is 40.0 Å². The summed E-state index contributed by atoms with van der Waals surface area (Å²) in [5, 5.41) is 24.0. The van der Waals surface area contributed by atoms with E-state index < -0.39 is 50.0 Å². The molecular weight excluding hydrogens is 1180 g/mol. The van der Waals surface area contributed by atoms with Crippen LogP contribution in [0.1, 0.15) is 67.9 Å². The van der Waals surface area contributed by atoms with E-state index >= 15 is 0 Å². The summed E-state index contributed by atoms with van der Waals surface area (Å²) < 4.78 is 26.6. The summed E-state index contributed by atoms with van der Waals surface area (Å²) in [7, 11) is -0.763. The molecule has 6 heterocycles. The highest BCUT2D eigenvalue weighted by Crippen LogP contribution is 2.48. The smallest absolute Gasteiger partial charge is 0.390 e. The lowest BCUT2D eigenvalue weighted by Crippen LogP contribution is -2.42. The van der Waals surface area contributed by atoms with E-state index in [1.54, 1.807) is 23.5 Å². The number of fused-ring (bicyclic) bond motifs is 4. The van der Waals surface area contributed by atoms with Crippen molar-refractivity contribution in [2.75, 3.05) is 68.8 Å². The largest absolute Gasteiger partial charge is 0.469 e. The van der Waals surface area contributed by atoms with Gasteiger partial charge in [-0.25, -0.2) is 18.5 Å². The lowest BCUT2D eigenvalue weighted by molar-refractivity contribution is -0.645. The summed E-state index contributed by atoms with van der Waals surface area (Å²) in [6.45, 7) is 2.89. The quantitative estimate of drug-likeness (QED) is 0.0126. The molecule has 4 aromatic carbocycles. The van der Waals surface area contributed by atoms with E-state index in [0.29, 0.717) is 58.4 Å². The molecule has 3 aliphatic heterocycles. The molecule has 0 saturated carbocycles. The van der Waals surface area contributed by atoms with E-state index in [-0.39, 0.29) is 30.3 Å². The number of H-pyrrole nitrogens is 1. The zero-order valence-corrected chi connectivity index (χ0v) is 51.6. The molecule has 0 aliphatic carbocycles. The zero-order valence-electron chi connectivity index (χ0n) is 49.0. The van der Waals surface area contributed by atoms with Crippen LogP contribution >= 0.6 is 31.3 Å². The Labute approximate surface area is 518 Å². The van der Waals surface area contributed by atoms with E-state index in [2.05, 4.69) is 166 Å². The van der Waals surface area contributed by atoms with Crippen LogP contribution in [0, 0.1) is 0 Å². The maximum absolute atomic E-state index is 13.3. The van der Waals surface area contributed by atoms with Crippen molar-refractivity contribution in [3.63, 3.8) is 0 Å². The number of anilines is 2. The fourth-order valence-corrected chi connectivity index (χ4v) is 13.6. The third-order valence-corrected chi connectivity index (χ3v) is 18.3. The molecule has 0 radical (unpaired) electrons. The normalized spacial score (nSPS) is 17.5. The predicted octanol–water partition coefficient (Wildman–Crippen LogP) is 6.48. The molecule has 21 nitrogen and oxygen atoms in total. The number of benzene rings is 4. The van der Waals surface area contributed by atoms with Gasteiger partial charge in [-0.05, 0) is 91.4 Å². The minimum atomic E-state index is -4.86. The lowest BCUT2D eigenvalue weighted by atomic mass is 10.1. The van der Waals surface area contributed by atoms with Crippen LogP contribution in [0.2, 0.25) is 0 Å². The van der Waals surface area contributed by atoms with Gasteiger partial charge in [0.2, 0.25) is 28.8 Å². The van der Waals surface area contributed by atoms with Gasteiger partial charge < -0.3 is 45.4 Å². The number of para-hydroxylation sites is 4. The Hall–Kier alpha value is -7.70. The number of amides is 3. The zero-order chi connectivity index (χ0) is 61.7. The van der Waals surface area contributed by atoms with Crippen molar-refractivity contribution in [1.29, 1.82) is 0 Å². The summed E-state index contributed by atoms with van der Waals surface area (Å²) in [5.41, 5.74) is 5.16. The molecule has 24 heteroatoms. The minimum Gasteiger partial charge on any atom is -0.390 e. The third-order valence-electron chi connectivity index (χ3n) is 15.6. The first-order valence-electron chi connectivity index (χ1n) is 29.4. The molecule has 7 aromatic rings. The maximum Gasteiger partial charge on any atom is 0.469 e. The number of nitrogens with one attached hydrogen (secondary N) is 4. The number of nitrogens with zero attached hydrogens (tertiary/aromatic N) is 6. The van der Waals surface area contributed by atoms with E-state index in [9.17, 15) is 33.6 Å². The van der Waals surface area contributed by atoms with Crippen molar-refractivity contribution < 1.29 is 52.2 Å². The van der Waals surface area contributed by atoms with E-state index in [0.717, 1.165) is 80.2 Å². The molecule has 0 spiro atoms. The molecule has 7 N–H and O–H groups in total. The average molecular weight is 1250 g/mol. The fraction of sp³-hybridized carbons (Fsp3) is 0.328. The van der Waals surface area contributed by atoms with E-state index in [1.807, 2.05) is 31.1 Å². The number of thioether (sulfide) groups is 2. The first-order valence-corrected chi connectivity index (χ1v) is 32.6. The number of carbonyl (C=O) groups is 3. The van der Waals surface area contributed by atoms with Crippen LogP contribution in [-0.2, 0) is 42.3 Å². The Morgan fingerprint density at radius 1 is 0.705 bits per heavy atom. The van der Waals surface area contributed by atoms with Crippen LogP contribution in [0.5, 0.6) is 0 Å². The van der Waals surface area contributed by atoms with Crippen LogP contribution in [-0.4, -0.2) is 118 Å². The Bertz CT molecular complexity index is 3790. The van der Waals surface area contributed by atoms with Crippen LogP contribution in [0.3, 0.4) is 0 Å². The van der Waals surface area contributed by atoms with Crippen molar-refractivity contribution in [2.24, 2.45) is 14.1 Å². The van der Waals surface area contributed by atoms with Gasteiger partial charge in [0.05, 0.1) is 50.5 Å². The number of carbonyl (C=O) groups excluding carboxylic acids is 3. The number of rotatable bonds is 27. The average Bonchev–Trinajstić information content (AvgIpc) is 2.51. The van der Waals surface area contributed by atoms with Crippen LogP contribution < -0.4 is 46.1 Å². The minimum absolute atomic E-state index is 0.0719. The van der Waals surface area contributed by atoms with Crippen molar-refractivity contribution in [1.82, 2.24) is 30.4 Å². The first-order chi connectivity index (χ1) is 42.5. The molecule has 3 aliphatic rings. The molecule has 0 bridgehead atoms. The molecule has 3 atom stereocenters. The number of ether oxygens (including phenoxy) is 1. The first kappa shape index (κ1) is 63.3. The summed E-state index contributed by atoms with van der Waals surface area (Å²) in [4.78, 5) is 94.8. The second-order valence-electron chi connectivity index (χ2n) is 21.8. The van der Waals surface area contributed by atoms with Gasteiger partial charge in [0.1, 0.15) is 26.4 Å². The van der Waals surface area contributed by atoms with Crippen LogP contribution in [0.15, 0.2) is 163 Å². The molecule has 10 rings (SSSR count). The number of aliphatic hydroxyl groups excluding tert-OH is 1. The third kappa shape index (κ3) is 16.3. The predicted molar refractivity (Wildman–Crippen MR) is 342 cm³/mol. The highest BCUT2D eigenvalue weighted by atomic mass is 32.2. The van der Waals surface area contributed by atoms with Crippen molar-refractivity contribution in [3.8, 4) is 0 Å². The number of unbranched alkanes of at least 4 members (excludes halogenated alkanes) is 2. The van der Waals surface area contributed by atoms with E-state index in [1.165, 1.54) is 32.8 Å². The highest BCUT2D eigenvalue weighted by Gasteiger charge is 2.37.